The van der Waals surface area contributed by atoms with E-state index in [0.717, 1.165) is 23.2 Å². The lowest BCUT2D eigenvalue weighted by atomic mass is 10.1. The van der Waals surface area contributed by atoms with Gasteiger partial charge in [-0.2, -0.15) is 0 Å². The van der Waals surface area contributed by atoms with Crippen LogP contribution in [0.25, 0.3) is 0 Å². The third-order valence-corrected chi connectivity index (χ3v) is 3.75. The first-order chi connectivity index (χ1) is 9.49. The Morgan fingerprint density at radius 3 is 2.75 bits per heavy atom. The standard InChI is InChI=1S/C15H24BrN3O/c1-5-18-9-12-8-13(16)6-7-14(12)19(4)10-11(2)15(20)17-3/h6-8,11,18H,5,9-10H2,1-4H3,(H,17,20). The second kappa shape index (κ2) is 8.27. The van der Waals surface area contributed by atoms with Crippen LogP contribution in [0.3, 0.4) is 0 Å². The van der Waals surface area contributed by atoms with E-state index in [2.05, 4.69) is 50.5 Å². The van der Waals surface area contributed by atoms with Crippen molar-refractivity contribution in [3.8, 4) is 0 Å². The van der Waals surface area contributed by atoms with E-state index in [1.165, 1.54) is 5.56 Å². The van der Waals surface area contributed by atoms with Gasteiger partial charge in [0.05, 0.1) is 5.92 Å². The molecule has 1 rings (SSSR count). The summed E-state index contributed by atoms with van der Waals surface area (Å²) in [6.45, 7) is 6.49. The number of hydrogen-bond acceptors (Lipinski definition) is 3. The molecule has 0 spiro atoms. The van der Waals surface area contributed by atoms with Crippen molar-refractivity contribution in [2.24, 2.45) is 5.92 Å². The number of rotatable bonds is 7. The summed E-state index contributed by atoms with van der Waals surface area (Å²) in [6.07, 6.45) is 0. The van der Waals surface area contributed by atoms with Crippen molar-refractivity contribution in [1.29, 1.82) is 0 Å². The van der Waals surface area contributed by atoms with E-state index < -0.39 is 0 Å². The summed E-state index contributed by atoms with van der Waals surface area (Å²) in [5.41, 5.74) is 2.39. The Labute approximate surface area is 130 Å². The fourth-order valence-corrected chi connectivity index (χ4v) is 2.57. The van der Waals surface area contributed by atoms with Crippen molar-refractivity contribution < 1.29 is 4.79 Å². The minimum absolute atomic E-state index is 0.0411. The van der Waals surface area contributed by atoms with Gasteiger partial charge in [-0.1, -0.05) is 29.8 Å². The van der Waals surface area contributed by atoms with Crippen molar-refractivity contribution >= 4 is 27.5 Å². The van der Waals surface area contributed by atoms with Gasteiger partial charge in [0.15, 0.2) is 0 Å². The van der Waals surface area contributed by atoms with Crippen LogP contribution < -0.4 is 15.5 Å². The molecule has 0 saturated heterocycles. The zero-order valence-electron chi connectivity index (χ0n) is 12.7. The van der Waals surface area contributed by atoms with Gasteiger partial charge >= 0.3 is 0 Å². The molecular formula is C15H24BrN3O. The van der Waals surface area contributed by atoms with Crippen LogP contribution in [0.4, 0.5) is 5.69 Å². The molecule has 0 aliphatic carbocycles. The first kappa shape index (κ1) is 17.0. The number of carbonyl (C=O) groups is 1. The van der Waals surface area contributed by atoms with Crippen LogP contribution in [0.2, 0.25) is 0 Å². The smallest absolute Gasteiger partial charge is 0.224 e. The quantitative estimate of drug-likeness (QED) is 0.800. The van der Waals surface area contributed by atoms with Crippen LogP contribution in [0.1, 0.15) is 19.4 Å². The molecule has 5 heteroatoms. The van der Waals surface area contributed by atoms with Gasteiger partial charge in [-0.15, -0.1) is 0 Å². The minimum atomic E-state index is -0.0411. The van der Waals surface area contributed by atoms with Gasteiger partial charge in [0.25, 0.3) is 0 Å². The maximum atomic E-state index is 11.6. The van der Waals surface area contributed by atoms with E-state index in [0.29, 0.717) is 6.54 Å². The van der Waals surface area contributed by atoms with Gasteiger partial charge in [-0.25, -0.2) is 0 Å². The Kier molecular flexibility index (Phi) is 7.02. The molecule has 1 aromatic rings. The maximum absolute atomic E-state index is 11.6. The van der Waals surface area contributed by atoms with E-state index in [-0.39, 0.29) is 11.8 Å². The predicted molar refractivity (Wildman–Crippen MR) is 88.0 cm³/mol. The predicted octanol–water partition coefficient (Wildman–Crippen LogP) is 2.38. The highest BCUT2D eigenvalue weighted by molar-refractivity contribution is 9.10. The van der Waals surface area contributed by atoms with Crippen LogP contribution >= 0.6 is 15.9 Å². The van der Waals surface area contributed by atoms with Crippen LogP contribution in [-0.2, 0) is 11.3 Å². The summed E-state index contributed by atoms with van der Waals surface area (Å²) >= 11 is 3.51. The Balaban J connectivity index is 2.85. The van der Waals surface area contributed by atoms with E-state index in [9.17, 15) is 4.79 Å². The zero-order valence-corrected chi connectivity index (χ0v) is 14.3. The molecule has 0 saturated carbocycles. The molecule has 0 aliphatic rings. The van der Waals surface area contributed by atoms with E-state index >= 15 is 0 Å². The summed E-state index contributed by atoms with van der Waals surface area (Å²) in [7, 11) is 3.70. The highest BCUT2D eigenvalue weighted by atomic mass is 79.9. The van der Waals surface area contributed by atoms with Gasteiger partial charge in [-0.05, 0) is 30.3 Å². The summed E-state index contributed by atoms with van der Waals surface area (Å²) in [6, 6.07) is 6.25. The molecule has 112 valence electrons. The average molecular weight is 342 g/mol. The molecule has 1 atom stereocenters. The fourth-order valence-electron chi connectivity index (χ4n) is 2.17. The van der Waals surface area contributed by atoms with Crippen molar-refractivity contribution in [1.82, 2.24) is 10.6 Å². The van der Waals surface area contributed by atoms with Gasteiger partial charge in [0.1, 0.15) is 0 Å². The SMILES string of the molecule is CCNCc1cc(Br)ccc1N(C)CC(C)C(=O)NC. The van der Waals surface area contributed by atoms with Gasteiger partial charge in [0.2, 0.25) is 5.91 Å². The Morgan fingerprint density at radius 2 is 2.15 bits per heavy atom. The second-order valence-corrected chi connectivity index (χ2v) is 5.86. The summed E-state index contributed by atoms with van der Waals surface area (Å²) in [4.78, 5) is 13.8. The summed E-state index contributed by atoms with van der Waals surface area (Å²) in [5, 5.41) is 6.04. The highest BCUT2D eigenvalue weighted by Gasteiger charge is 2.15. The third kappa shape index (κ3) is 4.80. The van der Waals surface area contributed by atoms with E-state index in [1.807, 2.05) is 20.0 Å². The number of benzene rings is 1. The van der Waals surface area contributed by atoms with Crippen LogP contribution in [0.5, 0.6) is 0 Å². The lowest BCUT2D eigenvalue weighted by Gasteiger charge is -2.25. The molecule has 0 radical (unpaired) electrons. The summed E-state index contributed by atoms with van der Waals surface area (Å²) in [5.74, 6) is 0.0304. The van der Waals surface area contributed by atoms with Crippen molar-refractivity contribution in [3.63, 3.8) is 0 Å². The first-order valence-corrected chi connectivity index (χ1v) is 7.70. The molecule has 1 amide bonds. The maximum Gasteiger partial charge on any atom is 0.224 e. The zero-order chi connectivity index (χ0) is 15.1. The number of anilines is 1. The normalized spacial score (nSPS) is 12.1. The molecule has 1 aromatic carbocycles. The third-order valence-electron chi connectivity index (χ3n) is 3.26. The number of nitrogens with zero attached hydrogens (tertiary/aromatic N) is 1. The molecule has 0 heterocycles. The molecule has 0 fully saturated rings. The largest absolute Gasteiger partial charge is 0.374 e. The number of nitrogens with one attached hydrogen (secondary N) is 2. The lowest BCUT2D eigenvalue weighted by Crippen LogP contribution is -2.34. The van der Waals surface area contributed by atoms with Gasteiger partial charge < -0.3 is 15.5 Å². The highest BCUT2D eigenvalue weighted by Crippen LogP contribution is 2.24. The summed E-state index contributed by atoms with van der Waals surface area (Å²) < 4.78 is 1.07. The lowest BCUT2D eigenvalue weighted by molar-refractivity contribution is -0.123. The van der Waals surface area contributed by atoms with Gasteiger partial charge in [-0.3, -0.25) is 4.79 Å². The molecular weight excluding hydrogens is 318 g/mol. The Morgan fingerprint density at radius 1 is 1.45 bits per heavy atom. The van der Waals surface area contributed by atoms with Crippen molar-refractivity contribution in [2.75, 3.05) is 32.1 Å². The first-order valence-electron chi connectivity index (χ1n) is 6.91. The topological polar surface area (TPSA) is 44.4 Å². The molecule has 2 N–H and O–H groups in total. The number of amides is 1. The number of halogens is 1. The molecule has 0 bridgehead atoms. The molecule has 0 aliphatic heterocycles. The van der Waals surface area contributed by atoms with Crippen LogP contribution in [-0.4, -0.2) is 33.1 Å². The molecule has 20 heavy (non-hydrogen) atoms. The number of hydrogen-bond donors (Lipinski definition) is 2. The minimum Gasteiger partial charge on any atom is -0.374 e. The average Bonchev–Trinajstić information content (AvgIpc) is 2.43. The van der Waals surface area contributed by atoms with Crippen LogP contribution in [0.15, 0.2) is 22.7 Å². The Hall–Kier alpha value is -1.07. The molecule has 1 unspecified atom stereocenters. The second-order valence-electron chi connectivity index (χ2n) is 4.95. The van der Waals surface area contributed by atoms with E-state index in [4.69, 9.17) is 0 Å². The number of carbonyl (C=O) groups excluding carboxylic acids is 1. The molecule has 0 aromatic heterocycles. The van der Waals surface area contributed by atoms with Crippen molar-refractivity contribution in [2.45, 2.75) is 20.4 Å². The fraction of sp³-hybridized carbons (Fsp3) is 0.533. The van der Waals surface area contributed by atoms with E-state index in [1.54, 1.807) is 7.05 Å². The van der Waals surface area contributed by atoms with Crippen molar-refractivity contribution in [3.05, 3.63) is 28.2 Å². The molecule has 4 nitrogen and oxygen atoms in total. The van der Waals surface area contributed by atoms with Gasteiger partial charge in [0, 0.05) is 37.3 Å². The van der Waals surface area contributed by atoms with Crippen LogP contribution in [0, 0.1) is 5.92 Å². The Bertz CT molecular complexity index is 451. The monoisotopic (exact) mass is 341 g/mol.